The largest absolute Gasteiger partial charge is 0.335 e. The Bertz CT molecular complexity index is 714. The Morgan fingerprint density at radius 3 is 2.56 bits per heavy atom. The molecule has 3 nitrogen and oxygen atoms in total. The van der Waals surface area contributed by atoms with Gasteiger partial charge in [0.2, 0.25) is 0 Å². The highest BCUT2D eigenvalue weighted by molar-refractivity contribution is 5.94. The van der Waals surface area contributed by atoms with E-state index >= 15 is 0 Å². The summed E-state index contributed by atoms with van der Waals surface area (Å²) in [6, 6.07) is 16.1. The molecule has 3 heteroatoms. The topological polar surface area (TPSA) is 45.8 Å². The molecule has 0 amide bonds. The van der Waals surface area contributed by atoms with Crippen LogP contribution in [-0.4, -0.2) is 15.8 Å². The summed E-state index contributed by atoms with van der Waals surface area (Å²) in [5, 5.41) is 0. The predicted octanol–water partition coefficient (Wildman–Crippen LogP) is 3.43. The molecule has 18 heavy (non-hydrogen) atoms. The maximum absolute atomic E-state index is 11.3. The number of aromatic nitrogens is 2. The van der Waals surface area contributed by atoms with Crippen LogP contribution >= 0.6 is 0 Å². The first-order valence-corrected chi connectivity index (χ1v) is 5.80. The number of carbonyl (C=O) groups is 1. The number of nitrogens with zero attached hydrogens (tertiary/aromatic N) is 1. The Morgan fingerprint density at radius 2 is 1.83 bits per heavy atom. The normalized spacial score (nSPS) is 10.7. The summed E-state index contributed by atoms with van der Waals surface area (Å²) in [6.45, 7) is 1.51. The smallest absolute Gasteiger partial charge is 0.195 e. The van der Waals surface area contributed by atoms with E-state index in [9.17, 15) is 4.79 Å². The Morgan fingerprint density at radius 1 is 1.06 bits per heavy atom. The van der Waals surface area contributed by atoms with Crippen molar-refractivity contribution in [2.24, 2.45) is 0 Å². The van der Waals surface area contributed by atoms with E-state index in [4.69, 9.17) is 0 Å². The van der Waals surface area contributed by atoms with Gasteiger partial charge in [0.05, 0.1) is 11.0 Å². The fourth-order valence-electron chi connectivity index (χ4n) is 1.99. The molecule has 1 heterocycles. The number of benzene rings is 2. The van der Waals surface area contributed by atoms with E-state index in [1.54, 1.807) is 0 Å². The summed E-state index contributed by atoms with van der Waals surface area (Å²) in [7, 11) is 0. The van der Waals surface area contributed by atoms with Crippen molar-refractivity contribution in [1.82, 2.24) is 9.97 Å². The lowest BCUT2D eigenvalue weighted by Crippen LogP contribution is -1.93. The number of ketones is 1. The molecule has 0 aliphatic carbocycles. The van der Waals surface area contributed by atoms with Gasteiger partial charge in [0, 0.05) is 6.92 Å². The van der Waals surface area contributed by atoms with Gasteiger partial charge in [-0.05, 0) is 23.3 Å². The molecule has 3 aromatic rings. The lowest BCUT2D eigenvalue weighted by Gasteiger charge is -2.00. The molecule has 3 rings (SSSR count). The van der Waals surface area contributed by atoms with Gasteiger partial charge in [-0.1, -0.05) is 36.4 Å². The van der Waals surface area contributed by atoms with Crippen molar-refractivity contribution in [1.29, 1.82) is 0 Å². The third kappa shape index (κ3) is 1.80. The van der Waals surface area contributed by atoms with Crippen molar-refractivity contribution in [2.75, 3.05) is 0 Å². The van der Waals surface area contributed by atoms with Gasteiger partial charge in [-0.2, -0.15) is 0 Å². The standard InChI is InChI=1S/C15H12N2O/c1-10(18)15-16-13-8-7-12(9-14(13)17-15)11-5-3-2-4-6-11/h2-9H,1H3,(H,16,17). The Labute approximate surface area is 104 Å². The van der Waals surface area contributed by atoms with Crippen LogP contribution in [0.15, 0.2) is 48.5 Å². The number of carbonyl (C=O) groups excluding carboxylic acids is 1. The number of aromatic amines is 1. The van der Waals surface area contributed by atoms with E-state index in [0.717, 1.165) is 22.2 Å². The Balaban J connectivity index is 2.14. The predicted molar refractivity (Wildman–Crippen MR) is 71.5 cm³/mol. The second-order valence-corrected chi connectivity index (χ2v) is 4.24. The zero-order valence-corrected chi connectivity index (χ0v) is 9.97. The zero-order chi connectivity index (χ0) is 12.5. The number of imidazole rings is 1. The average Bonchev–Trinajstić information content (AvgIpc) is 2.82. The van der Waals surface area contributed by atoms with Crippen LogP contribution in [0.5, 0.6) is 0 Å². The Kier molecular flexibility index (Phi) is 2.45. The minimum atomic E-state index is -0.0486. The molecule has 0 fully saturated rings. The molecule has 0 atom stereocenters. The first-order chi connectivity index (χ1) is 8.74. The maximum Gasteiger partial charge on any atom is 0.195 e. The minimum absolute atomic E-state index is 0.0486. The van der Waals surface area contributed by atoms with Gasteiger partial charge in [-0.15, -0.1) is 0 Å². The van der Waals surface area contributed by atoms with Crippen molar-refractivity contribution in [3.8, 4) is 11.1 Å². The summed E-state index contributed by atoms with van der Waals surface area (Å²) in [6.07, 6.45) is 0. The average molecular weight is 236 g/mol. The van der Waals surface area contributed by atoms with Crippen molar-refractivity contribution >= 4 is 16.8 Å². The lowest BCUT2D eigenvalue weighted by molar-refractivity contribution is 0.100. The summed E-state index contributed by atoms with van der Waals surface area (Å²) in [5.41, 5.74) is 3.97. The number of rotatable bonds is 2. The SMILES string of the molecule is CC(=O)c1nc2ccc(-c3ccccc3)cc2[nH]1. The van der Waals surface area contributed by atoms with Gasteiger partial charge < -0.3 is 4.98 Å². The molecule has 0 saturated carbocycles. The number of hydrogen-bond donors (Lipinski definition) is 1. The van der Waals surface area contributed by atoms with Crippen LogP contribution in [0.1, 0.15) is 17.5 Å². The maximum atomic E-state index is 11.3. The van der Waals surface area contributed by atoms with E-state index in [-0.39, 0.29) is 5.78 Å². The first-order valence-electron chi connectivity index (χ1n) is 5.80. The molecule has 88 valence electrons. The van der Waals surface area contributed by atoms with Crippen molar-refractivity contribution in [3.63, 3.8) is 0 Å². The van der Waals surface area contributed by atoms with Crippen molar-refractivity contribution < 1.29 is 4.79 Å². The molecule has 0 bridgehead atoms. The van der Waals surface area contributed by atoms with E-state index in [1.807, 2.05) is 36.4 Å². The third-order valence-corrected chi connectivity index (χ3v) is 2.92. The zero-order valence-electron chi connectivity index (χ0n) is 9.97. The molecular formula is C15H12N2O. The summed E-state index contributed by atoms with van der Waals surface area (Å²) in [4.78, 5) is 18.6. The van der Waals surface area contributed by atoms with E-state index < -0.39 is 0 Å². The van der Waals surface area contributed by atoms with Crippen LogP contribution in [0.25, 0.3) is 22.2 Å². The van der Waals surface area contributed by atoms with Crippen LogP contribution in [0.4, 0.5) is 0 Å². The van der Waals surface area contributed by atoms with Crippen LogP contribution in [0.2, 0.25) is 0 Å². The van der Waals surface area contributed by atoms with E-state index in [2.05, 4.69) is 22.1 Å². The molecule has 1 aromatic heterocycles. The Hall–Kier alpha value is -2.42. The summed E-state index contributed by atoms with van der Waals surface area (Å²) in [5.74, 6) is 0.364. The van der Waals surface area contributed by atoms with Gasteiger partial charge in [0.1, 0.15) is 0 Å². The van der Waals surface area contributed by atoms with E-state index in [1.165, 1.54) is 6.92 Å². The molecule has 2 aromatic carbocycles. The fourth-order valence-corrected chi connectivity index (χ4v) is 1.99. The summed E-state index contributed by atoms with van der Waals surface area (Å²) >= 11 is 0. The van der Waals surface area contributed by atoms with Crippen molar-refractivity contribution in [2.45, 2.75) is 6.92 Å². The van der Waals surface area contributed by atoms with Gasteiger partial charge in [0.15, 0.2) is 11.6 Å². The van der Waals surface area contributed by atoms with Gasteiger partial charge in [-0.3, -0.25) is 4.79 Å². The third-order valence-electron chi connectivity index (χ3n) is 2.92. The van der Waals surface area contributed by atoms with Gasteiger partial charge in [-0.25, -0.2) is 4.98 Å². The molecule has 1 N–H and O–H groups in total. The number of hydrogen-bond acceptors (Lipinski definition) is 2. The molecule has 0 saturated heterocycles. The highest BCUT2D eigenvalue weighted by Gasteiger charge is 2.07. The van der Waals surface area contributed by atoms with Crippen LogP contribution in [-0.2, 0) is 0 Å². The van der Waals surface area contributed by atoms with Gasteiger partial charge in [0.25, 0.3) is 0 Å². The quantitative estimate of drug-likeness (QED) is 0.693. The number of H-pyrrole nitrogens is 1. The first kappa shape index (κ1) is 10.7. The van der Waals surface area contributed by atoms with Crippen LogP contribution in [0, 0.1) is 0 Å². The van der Waals surface area contributed by atoms with Crippen LogP contribution in [0.3, 0.4) is 0 Å². The van der Waals surface area contributed by atoms with E-state index in [0.29, 0.717) is 5.82 Å². The molecule has 0 aliphatic rings. The van der Waals surface area contributed by atoms with Crippen LogP contribution < -0.4 is 0 Å². The molecular weight excluding hydrogens is 224 g/mol. The highest BCUT2D eigenvalue weighted by Crippen LogP contribution is 2.23. The number of nitrogens with one attached hydrogen (secondary N) is 1. The summed E-state index contributed by atoms with van der Waals surface area (Å²) < 4.78 is 0. The molecule has 0 aliphatic heterocycles. The second-order valence-electron chi connectivity index (χ2n) is 4.24. The minimum Gasteiger partial charge on any atom is -0.335 e. The fraction of sp³-hybridized carbons (Fsp3) is 0.0667. The lowest BCUT2D eigenvalue weighted by atomic mass is 10.1. The monoisotopic (exact) mass is 236 g/mol. The number of fused-ring (bicyclic) bond motifs is 1. The number of Topliss-reactive ketones (excluding diaryl/α,β-unsaturated/α-hetero) is 1. The van der Waals surface area contributed by atoms with Gasteiger partial charge >= 0.3 is 0 Å². The van der Waals surface area contributed by atoms with Crippen molar-refractivity contribution in [3.05, 3.63) is 54.4 Å². The molecule has 0 radical (unpaired) electrons. The second kappa shape index (κ2) is 4.11. The molecule has 0 unspecified atom stereocenters. The highest BCUT2D eigenvalue weighted by atomic mass is 16.1. The molecule has 0 spiro atoms.